The van der Waals surface area contributed by atoms with Crippen molar-refractivity contribution < 1.29 is 9.90 Å². The van der Waals surface area contributed by atoms with Gasteiger partial charge < -0.3 is 5.11 Å². The van der Waals surface area contributed by atoms with Gasteiger partial charge in [0.05, 0.1) is 5.69 Å². The number of hydrogen-bond donors (Lipinski definition) is 1. The average Bonchev–Trinajstić information content (AvgIpc) is 2.60. The lowest BCUT2D eigenvalue weighted by atomic mass is 10.1. The number of aryl methyl sites for hydroxylation is 1. The second-order valence-electron chi connectivity index (χ2n) is 3.62. The Balaban J connectivity index is 2.36. The highest BCUT2D eigenvalue weighted by Gasteiger charge is 2.08. The first-order valence-corrected chi connectivity index (χ1v) is 4.98. The van der Waals surface area contributed by atoms with Gasteiger partial charge in [0.25, 0.3) is 0 Å². The average molecular weight is 216 g/mol. The van der Waals surface area contributed by atoms with Crippen molar-refractivity contribution in [2.75, 3.05) is 0 Å². The van der Waals surface area contributed by atoms with Crippen LogP contribution in [0.15, 0.2) is 36.5 Å². The fourth-order valence-electron chi connectivity index (χ4n) is 1.62. The molecule has 4 nitrogen and oxygen atoms in total. The van der Waals surface area contributed by atoms with E-state index in [9.17, 15) is 4.79 Å². The summed E-state index contributed by atoms with van der Waals surface area (Å²) in [4.78, 5) is 10.6. The van der Waals surface area contributed by atoms with Gasteiger partial charge in [0.1, 0.15) is 6.54 Å². The molecular formula is C12H12N2O2. The Morgan fingerprint density at radius 1 is 1.38 bits per heavy atom. The normalized spacial score (nSPS) is 10.3. The van der Waals surface area contributed by atoms with Crippen molar-refractivity contribution in [1.82, 2.24) is 9.78 Å². The highest BCUT2D eigenvalue weighted by atomic mass is 16.4. The number of carboxylic acid groups (broad SMARTS) is 1. The number of aliphatic carboxylic acids is 1. The number of aromatic nitrogens is 2. The van der Waals surface area contributed by atoms with Crippen LogP contribution in [0.3, 0.4) is 0 Å². The van der Waals surface area contributed by atoms with Crippen molar-refractivity contribution in [2.24, 2.45) is 0 Å². The zero-order valence-electron chi connectivity index (χ0n) is 8.92. The zero-order valence-corrected chi connectivity index (χ0v) is 8.92. The fraction of sp³-hybridized carbons (Fsp3) is 0.167. The van der Waals surface area contributed by atoms with E-state index in [4.69, 9.17) is 5.11 Å². The molecule has 82 valence electrons. The molecule has 0 atom stereocenters. The zero-order chi connectivity index (χ0) is 11.5. The summed E-state index contributed by atoms with van der Waals surface area (Å²) in [6, 6.07) is 9.73. The molecule has 1 aromatic carbocycles. The molecule has 0 bridgehead atoms. The van der Waals surface area contributed by atoms with Crippen molar-refractivity contribution in [1.29, 1.82) is 0 Å². The Morgan fingerprint density at radius 3 is 2.69 bits per heavy atom. The Hall–Kier alpha value is -2.10. The van der Waals surface area contributed by atoms with Gasteiger partial charge in [-0.15, -0.1) is 0 Å². The van der Waals surface area contributed by atoms with E-state index in [1.165, 1.54) is 4.68 Å². The highest BCUT2D eigenvalue weighted by Crippen LogP contribution is 2.20. The molecule has 16 heavy (non-hydrogen) atoms. The van der Waals surface area contributed by atoms with E-state index in [2.05, 4.69) is 5.10 Å². The first-order valence-electron chi connectivity index (χ1n) is 4.98. The van der Waals surface area contributed by atoms with Crippen LogP contribution in [-0.4, -0.2) is 20.9 Å². The van der Waals surface area contributed by atoms with E-state index in [1.807, 2.05) is 37.3 Å². The summed E-state index contributed by atoms with van der Waals surface area (Å²) in [6.07, 6.45) is 1.75. The highest BCUT2D eigenvalue weighted by molar-refractivity contribution is 5.67. The van der Waals surface area contributed by atoms with Gasteiger partial charge in [-0.2, -0.15) is 5.10 Å². The second-order valence-corrected chi connectivity index (χ2v) is 3.62. The molecular weight excluding hydrogens is 204 g/mol. The predicted molar refractivity (Wildman–Crippen MR) is 60.0 cm³/mol. The van der Waals surface area contributed by atoms with Gasteiger partial charge in [-0.3, -0.25) is 9.48 Å². The lowest BCUT2D eigenvalue weighted by Gasteiger charge is -1.97. The van der Waals surface area contributed by atoms with Crippen LogP contribution in [0.25, 0.3) is 11.3 Å². The van der Waals surface area contributed by atoms with Crippen LogP contribution in [0.2, 0.25) is 0 Å². The van der Waals surface area contributed by atoms with Crippen molar-refractivity contribution in [2.45, 2.75) is 13.5 Å². The standard InChI is InChI=1S/C12H12N2O2/c1-9-7-14(8-11(15)16)13-12(9)10-5-3-2-4-6-10/h2-7H,8H2,1H3,(H,15,16). The molecule has 4 heteroatoms. The van der Waals surface area contributed by atoms with E-state index in [-0.39, 0.29) is 6.54 Å². The molecule has 0 amide bonds. The van der Waals surface area contributed by atoms with Crippen LogP contribution in [-0.2, 0) is 11.3 Å². The topological polar surface area (TPSA) is 55.1 Å². The largest absolute Gasteiger partial charge is 0.480 e. The lowest BCUT2D eigenvalue weighted by molar-refractivity contribution is -0.137. The molecule has 0 saturated carbocycles. The third kappa shape index (κ3) is 2.11. The molecule has 0 aliphatic heterocycles. The summed E-state index contributed by atoms with van der Waals surface area (Å²) in [6.45, 7) is 1.82. The van der Waals surface area contributed by atoms with Crippen molar-refractivity contribution in [3.63, 3.8) is 0 Å². The minimum atomic E-state index is -0.887. The molecule has 0 unspecified atom stereocenters. The van der Waals surface area contributed by atoms with Gasteiger partial charge in [0, 0.05) is 11.8 Å². The molecule has 0 spiro atoms. The second kappa shape index (κ2) is 4.18. The number of carbonyl (C=O) groups is 1. The Bertz CT molecular complexity index is 503. The molecule has 2 rings (SSSR count). The minimum absolute atomic E-state index is 0.103. The maximum absolute atomic E-state index is 10.6. The summed E-state index contributed by atoms with van der Waals surface area (Å²) in [5.74, 6) is -0.887. The van der Waals surface area contributed by atoms with E-state index < -0.39 is 5.97 Å². The van der Waals surface area contributed by atoms with E-state index in [0.717, 1.165) is 16.8 Å². The molecule has 0 aliphatic carbocycles. The van der Waals surface area contributed by atoms with E-state index >= 15 is 0 Å². The van der Waals surface area contributed by atoms with Gasteiger partial charge in [-0.25, -0.2) is 0 Å². The number of rotatable bonds is 3. The molecule has 0 saturated heterocycles. The Kier molecular flexibility index (Phi) is 2.72. The Morgan fingerprint density at radius 2 is 2.06 bits per heavy atom. The monoisotopic (exact) mass is 216 g/mol. The SMILES string of the molecule is Cc1cn(CC(=O)O)nc1-c1ccccc1. The maximum Gasteiger partial charge on any atom is 0.325 e. The summed E-state index contributed by atoms with van der Waals surface area (Å²) in [7, 11) is 0. The number of nitrogens with zero attached hydrogens (tertiary/aromatic N) is 2. The van der Waals surface area contributed by atoms with E-state index in [1.54, 1.807) is 6.20 Å². The molecule has 1 N–H and O–H groups in total. The molecule has 1 heterocycles. The van der Waals surface area contributed by atoms with Gasteiger partial charge >= 0.3 is 5.97 Å². The molecule has 0 aliphatic rings. The molecule has 0 fully saturated rings. The predicted octanol–water partition coefficient (Wildman–Crippen LogP) is 1.94. The summed E-state index contributed by atoms with van der Waals surface area (Å²) in [5.41, 5.74) is 2.82. The third-order valence-electron chi connectivity index (χ3n) is 2.29. The summed E-state index contributed by atoms with van der Waals surface area (Å²) >= 11 is 0. The molecule has 0 radical (unpaired) electrons. The quantitative estimate of drug-likeness (QED) is 0.853. The van der Waals surface area contributed by atoms with Crippen molar-refractivity contribution >= 4 is 5.97 Å². The van der Waals surface area contributed by atoms with Gasteiger partial charge in [-0.1, -0.05) is 30.3 Å². The Labute approximate surface area is 93.1 Å². The van der Waals surface area contributed by atoms with Crippen LogP contribution in [0, 0.1) is 6.92 Å². The van der Waals surface area contributed by atoms with Crippen LogP contribution < -0.4 is 0 Å². The maximum atomic E-state index is 10.6. The van der Waals surface area contributed by atoms with Crippen LogP contribution in [0.5, 0.6) is 0 Å². The fourth-order valence-corrected chi connectivity index (χ4v) is 1.62. The van der Waals surface area contributed by atoms with Crippen LogP contribution >= 0.6 is 0 Å². The number of carboxylic acids is 1. The smallest absolute Gasteiger partial charge is 0.325 e. The van der Waals surface area contributed by atoms with E-state index in [0.29, 0.717) is 0 Å². The van der Waals surface area contributed by atoms with Crippen LogP contribution in [0.1, 0.15) is 5.56 Å². The lowest BCUT2D eigenvalue weighted by Crippen LogP contribution is -2.08. The minimum Gasteiger partial charge on any atom is -0.480 e. The van der Waals surface area contributed by atoms with Crippen molar-refractivity contribution in [3.8, 4) is 11.3 Å². The molecule has 1 aromatic heterocycles. The van der Waals surface area contributed by atoms with Crippen LogP contribution in [0.4, 0.5) is 0 Å². The summed E-state index contributed by atoms with van der Waals surface area (Å²) in [5, 5.41) is 12.9. The third-order valence-corrected chi connectivity index (χ3v) is 2.29. The first-order chi connectivity index (χ1) is 7.66. The first kappa shape index (κ1) is 10.4. The summed E-state index contributed by atoms with van der Waals surface area (Å²) < 4.78 is 1.44. The number of benzene rings is 1. The molecule has 2 aromatic rings. The number of hydrogen-bond acceptors (Lipinski definition) is 2. The van der Waals surface area contributed by atoms with Crippen molar-refractivity contribution in [3.05, 3.63) is 42.1 Å². The van der Waals surface area contributed by atoms with Gasteiger partial charge in [0.15, 0.2) is 0 Å². The van der Waals surface area contributed by atoms with Gasteiger partial charge in [0.2, 0.25) is 0 Å². The van der Waals surface area contributed by atoms with Gasteiger partial charge in [-0.05, 0) is 12.5 Å².